The summed E-state index contributed by atoms with van der Waals surface area (Å²) in [6.45, 7) is 3.35. The number of likely N-dealkylation sites (tertiary alicyclic amines) is 1. The summed E-state index contributed by atoms with van der Waals surface area (Å²) in [4.78, 5) is 26.3. The van der Waals surface area contributed by atoms with Gasteiger partial charge >= 0.3 is 6.03 Å². The van der Waals surface area contributed by atoms with Gasteiger partial charge in [-0.2, -0.15) is 0 Å². The summed E-state index contributed by atoms with van der Waals surface area (Å²) < 4.78 is 5.09. The van der Waals surface area contributed by atoms with Gasteiger partial charge in [-0.3, -0.25) is 4.79 Å². The Bertz CT molecular complexity index is 530. The molecule has 6 heteroatoms. The molecule has 1 aromatic rings. The van der Waals surface area contributed by atoms with E-state index in [9.17, 15) is 9.59 Å². The van der Waals surface area contributed by atoms with Gasteiger partial charge in [0.05, 0.1) is 7.11 Å². The summed E-state index contributed by atoms with van der Waals surface area (Å²) in [7, 11) is 1.60. The van der Waals surface area contributed by atoms with Crippen molar-refractivity contribution in [3.63, 3.8) is 0 Å². The molecule has 0 unspecified atom stereocenters. The molecule has 0 aromatic heterocycles. The maximum Gasteiger partial charge on any atom is 0.322 e. The number of benzene rings is 1. The fourth-order valence-corrected chi connectivity index (χ4v) is 2.66. The largest absolute Gasteiger partial charge is 0.497 e. The monoisotopic (exact) mass is 319 g/mol. The predicted molar refractivity (Wildman–Crippen MR) is 89.7 cm³/mol. The zero-order valence-corrected chi connectivity index (χ0v) is 13.8. The molecule has 1 aliphatic heterocycles. The lowest BCUT2D eigenvalue weighted by molar-refractivity contribution is -0.124. The van der Waals surface area contributed by atoms with Crippen LogP contribution in [-0.4, -0.2) is 43.1 Å². The lowest BCUT2D eigenvalue weighted by Gasteiger charge is -2.24. The average molecular weight is 319 g/mol. The topological polar surface area (TPSA) is 70.7 Å². The van der Waals surface area contributed by atoms with E-state index in [-0.39, 0.29) is 18.0 Å². The quantitative estimate of drug-likeness (QED) is 0.792. The standard InChI is InChI=1S/C17H25N3O3/c1-3-4-11-18-16(21)15-6-5-12-20(15)17(22)19-13-7-9-14(23-2)10-8-13/h7-10,15H,3-6,11-12H2,1-2H3,(H,18,21)(H,19,22)/t15-/m0/s1. The van der Waals surface area contributed by atoms with Gasteiger partial charge in [0.2, 0.25) is 5.91 Å². The highest BCUT2D eigenvalue weighted by atomic mass is 16.5. The third-order valence-corrected chi connectivity index (χ3v) is 3.99. The Labute approximate surface area is 137 Å². The van der Waals surface area contributed by atoms with Gasteiger partial charge in [-0.05, 0) is 43.5 Å². The molecule has 2 N–H and O–H groups in total. The van der Waals surface area contributed by atoms with Gasteiger partial charge in [0.1, 0.15) is 11.8 Å². The van der Waals surface area contributed by atoms with Gasteiger partial charge in [-0.1, -0.05) is 13.3 Å². The zero-order valence-electron chi connectivity index (χ0n) is 13.8. The molecule has 0 spiro atoms. The van der Waals surface area contributed by atoms with E-state index in [2.05, 4.69) is 17.6 Å². The van der Waals surface area contributed by atoms with Crippen molar-refractivity contribution in [1.82, 2.24) is 10.2 Å². The van der Waals surface area contributed by atoms with Gasteiger partial charge in [-0.15, -0.1) is 0 Å². The van der Waals surface area contributed by atoms with Gasteiger partial charge < -0.3 is 20.3 Å². The summed E-state index contributed by atoms with van der Waals surface area (Å²) >= 11 is 0. The molecule has 1 saturated heterocycles. The molecule has 6 nitrogen and oxygen atoms in total. The third-order valence-electron chi connectivity index (χ3n) is 3.99. The Morgan fingerprint density at radius 2 is 2.04 bits per heavy atom. The lowest BCUT2D eigenvalue weighted by Crippen LogP contribution is -2.47. The minimum absolute atomic E-state index is 0.0548. The van der Waals surface area contributed by atoms with Crippen LogP contribution in [0.4, 0.5) is 10.5 Å². The van der Waals surface area contributed by atoms with Crippen LogP contribution in [0.3, 0.4) is 0 Å². The Morgan fingerprint density at radius 3 is 2.70 bits per heavy atom. The normalized spacial score (nSPS) is 17.0. The van der Waals surface area contributed by atoms with Crippen molar-refractivity contribution in [1.29, 1.82) is 0 Å². The van der Waals surface area contributed by atoms with Crippen LogP contribution in [-0.2, 0) is 4.79 Å². The van der Waals surface area contributed by atoms with Crippen molar-refractivity contribution in [2.45, 2.75) is 38.6 Å². The van der Waals surface area contributed by atoms with Crippen molar-refractivity contribution in [2.24, 2.45) is 0 Å². The minimum atomic E-state index is -0.370. The Balaban J connectivity index is 1.92. The van der Waals surface area contributed by atoms with E-state index >= 15 is 0 Å². The van der Waals surface area contributed by atoms with Crippen molar-refractivity contribution in [3.05, 3.63) is 24.3 Å². The highest BCUT2D eigenvalue weighted by Gasteiger charge is 2.33. The number of anilines is 1. The van der Waals surface area contributed by atoms with E-state index < -0.39 is 0 Å². The maximum absolute atomic E-state index is 12.4. The number of carbonyl (C=O) groups is 2. The second-order valence-corrected chi connectivity index (χ2v) is 5.65. The van der Waals surface area contributed by atoms with Crippen LogP contribution < -0.4 is 15.4 Å². The molecule has 2 rings (SSSR count). The molecule has 1 aliphatic rings. The number of unbranched alkanes of at least 4 members (excludes halogenated alkanes) is 1. The van der Waals surface area contributed by atoms with E-state index in [1.807, 2.05) is 0 Å². The van der Waals surface area contributed by atoms with Crippen molar-refractivity contribution in [3.8, 4) is 5.75 Å². The fourth-order valence-electron chi connectivity index (χ4n) is 2.66. The van der Waals surface area contributed by atoms with E-state index in [1.165, 1.54) is 0 Å². The molecule has 0 saturated carbocycles. The molecular formula is C17H25N3O3. The summed E-state index contributed by atoms with van der Waals surface area (Å²) in [5.41, 5.74) is 0.688. The Morgan fingerprint density at radius 1 is 1.30 bits per heavy atom. The second-order valence-electron chi connectivity index (χ2n) is 5.65. The third kappa shape index (κ3) is 4.61. The van der Waals surface area contributed by atoms with Gasteiger partial charge in [0.15, 0.2) is 0 Å². The average Bonchev–Trinajstić information content (AvgIpc) is 3.05. The number of rotatable bonds is 6. The van der Waals surface area contributed by atoms with Crippen LogP contribution >= 0.6 is 0 Å². The predicted octanol–water partition coefficient (Wildman–Crippen LogP) is 2.61. The van der Waals surface area contributed by atoms with E-state index in [0.717, 1.165) is 25.0 Å². The highest BCUT2D eigenvalue weighted by Crippen LogP contribution is 2.20. The van der Waals surface area contributed by atoms with Gasteiger partial charge in [-0.25, -0.2) is 4.79 Å². The van der Waals surface area contributed by atoms with Gasteiger partial charge in [0.25, 0.3) is 0 Å². The molecule has 3 amide bonds. The SMILES string of the molecule is CCCCNC(=O)[C@@H]1CCCN1C(=O)Nc1ccc(OC)cc1. The number of nitrogens with zero attached hydrogens (tertiary/aromatic N) is 1. The van der Waals surface area contributed by atoms with E-state index in [4.69, 9.17) is 4.74 Å². The smallest absolute Gasteiger partial charge is 0.322 e. The number of hydrogen-bond acceptors (Lipinski definition) is 3. The first-order chi connectivity index (χ1) is 11.2. The summed E-state index contributed by atoms with van der Waals surface area (Å²) in [6, 6.07) is 6.53. The molecule has 1 atom stereocenters. The number of methoxy groups -OCH3 is 1. The molecule has 1 aromatic carbocycles. The molecule has 23 heavy (non-hydrogen) atoms. The van der Waals surface area contributed by atoms with Crippen LogP contribution in [0, 0.1) is 0 Å². The van der Waals surface area contributed by atoms with E-state index in [1.54, 1.807) is 36.3 Å². The molecule has 0 radical (unpaired) electrons. The van der Waals surface area contributed by atoms with Gasteiger partial charge in [0, 0.05) is 18.8 Å². The zero-order chi connectivity index (χ0) is 16.7. The Hall–Kier alpha value is -2.24. The van der Waals surface area contributed by atoms with Crippen molar-refractivity contribution >= 4 is 17.6 Å². The first-order valence-corrected chi connectivity index (χ1v) is 8.15. The lowest BCUT2D eigenvalue weighted by atomic mass is 10.2. The van der Waals surface area contributed by atoms with Crippen LogP contribution in [0.25, 0.3) is 0 Å². The van der Waals surface area contributed by atoms with Crippen LogP contribution in [0.5, 0.6) is 5.75 Å². The first kappa shape index (κ1) is 17.1. The number of ether oxygens (including phenoxy) is 1. The molecule has 126 valence electrons. The molecule has 0 aliphatic carbocycles. The number of hydrogen-bond donors (Lipinski definition) is 2. The van der Waals surface area contributed by atoms with E-state index in [0.29, 0.717) is 25.2 Å². The number of carbonyl (C=O) groups excluding carboxylic acids is 2. The van der Waals surface area contributed by atoms with Crippen LogP contribution in [0.2, 0.25) is 0 Å². The number of nitrogens with one attached hydrogen (secondary N) is 2. The van der Waals surface area contributed by atoms with Crippen molar-refractivity contribution < 1.29 is 14.3 Å². The number of amides is 3. The maximum atomic E-state index is 12.4. The fraction of sp³-hybridized carbons (Fsp3) is 0.529. The summed E-state index contributed by atoms with van der Waals surface area (Å²) in [5.74, 6) is 0.679. The molecule has 1 heterocycles. The Kier molecular flexibility index (Phi) is 6.26. The minimum Gasteiger partial charge on any atom is -0.497 e. The molecular weight excluding hydrogens is 294 g/mol. The first-order valence-electron chi connectivity index (χ1n) is 8.15. The van der Waals surface area contributed by atoms with Crippen LogP contribution in [0.1, 0.15) is 32.6 Å². The van der Waals surface area contributed by atoms with Crippen molar-refractivity contribution in [2.75, 3.05) is 25.5 Å². The number of urea groups is 1. The molecule has 1 fully saturated rings. The van der Waals surface area contributed by atoms with Crippen LogP contribution in [0.15, 0.2) is 24.3 Å². The highest BCUT2D eigenvalue weighted by molar-refractivity contribution is 5.94. The summed E-state index contributed by atoms with van der Waals surface area (Å²) in [6.07, 6.45) is 3.55. The molecule has 0 bridgehead atoms. The second kappa shape index (κ2) is 8.41. The summed E-state index contributed by atoms with van der Waals surface area (Å²) in [5, 5.41) is 5.75.